The van der Waals surface area contributed by atoms with E-state index in [0.29, 0.717) is 29.7 Å². The van der Waals surface area contributed by atoms with Crippen molar-refractivity contribution in [2.45, 2.75) is 6.92 Å². The monoisotopic (exact) mass is 416 g/mol. The second kappa shape index (κ2) is 8.01. The predicted octanol–water partition coefficient (Wildman–Crippen LogP) is 5.16. The van der Waals surface area contributed by atoms with Gasteiger partial charge in [-0.1, -0.05) is 47.5 Å². The number of ether oxygens (including phenoxy) is 1. The summed E-state index contributed by atoms with van der Waals surface area (Å²) in [6.45, 7) is 5.07. The van der Waals surface area contributed by atoms with Crippen molar-refractivity contribution in [2.24, 2.45) is 0 Å². The summed E-state index contributed by atoms with van der Waals surface area (Å²) in [5.41, 5.74) is 4.72. The van der Waals surface area contributed by atoms with Crippen LogP contribution in [-0.4, -0.2) is 41.3 Å². The number of anilines is 1. The molecule has 1 aliphatic rings. The van der Waals surface area contributed by atoms with Crippen molar-refractivity contribution in [1.29, 1.82) is 0 Å². The average Bonchev–Trinajstić information content (AvgIpc) is 2.79. The zero-order valence-corrected chi connectivity index (χ0v) is 17.4. The van der Waals surface area contributed by atoms with Gasteiger partial charge in [0.2, 0.25) is 0 Å². The van der Waals surface area contributed by atoms with E-state index in [4.69, 9.17) is 31.3 Å². The number of aryl methyl sites for hydroxylation is 1. The highest BCUT2D eigenvalue weighted by Gasteiger charge is 2.19. The minimum absolute atomic E-state index is 0.688. The van der Waals surface area contributed by atoms with E-state index >= 15 is 0 Å². The Morgan fingerprint density at radius 2 is 1.67 bits per heavy atom. The van der Waals surface area contributed by atoms with Gasteiger partial charge in [0.05, 0.1) is 24.3 Å². The van der Waals surface area contributed by atoms with E-state index < -0.39 is 0 Å². The first kappa shape index (κ1) is 19.0. The highest BCUT2D eigenvalue weighted by Crippen LogP contribution is 2.30. The molecule has 0 saturated carbocycles. The zero-order chi connectivity index (χ0) is 20.5. The van der Waals surface area contributed by atoms with Crippen LogP contribution in [0, 0.1) is 6.92 Å². The van der Waals surface area contributed by atoms with Crippen LogP contribution in [-0.2, 0) is 4.74 Å². The third-order valence-electron chi connectivity index (χ3n) is 5.27. The summed E-state index contributed by atoms with van der Waals surface area (Å²) in [5.74, 6) is 1.60. The van der Waals surface area contributed by atoms with Gasteiger partial charge in [-0.15, -0.1) is 0 Å². The molecule has 150 valence electrons. The quantitative estimate of drug-likeness (QED) is 0.462. The topological polar surface area (TPSA) is 51.1 Å². The Morgan fingerprint density at radius 1 is 0.867 bits per heavy atom. The molecule has 1 aliphatic heterocycles. The van der Waals surface area contributed by atoms with Crippen LogP contribution in [0.3, 0.4) is 0 Å². The van der Waals surface area contributed by atoms with Crippen molar-refractivity contribution in [2.75, 3.05) is 31.2 Å². The summed E-state index contributed by atoms with van der Waals surface area (Å²) < 4.78 is 5.54. The molecule has 5 nitrogen and oxygen atoms in total. The fourth-order valence-electron chi connectivity index (χ4n) is 3.70. The van der Waals surface area contributed by atoms with Gasteiger partial charge in [0, 0.05) is 29.2 Å². The van der Waals surface area contributed by atoms with Crippen LogP contribution in [0.15, 0.2) is 60.7 Å². The van der Waals surface area contributed by atoms with E-state index in [1.165, 1.54) is 5.56 Å². The second-order valence-corrected chi connectivity index (χ2v) is 7.85. The predicted molar refractivity (Wildman–Crippen MR) is 121 cm³/mol. The number of aromatic nitrogens is 3. The lowest BCUT2D eigenvalue weighted by Gasteiger charge is -2.28. The SMILES string of the molecule is Cc1cccc(-c2nc(N3CCOCC3)c3ccc(-c4ccc(Cl)cc4)nc3n2)c1. The van der Waals surface area contributed by atoms with E-state index in [1.807, 2.05) is 42.5 Å². The van der Waals surface area contributed by atoms with Crippen molar-refractivity contribution < 1.29 is 4.74 Å². The second-order valence-electron chi connectivity index (χ2n) is 7.41. The minimum Gasteiger partial charge on any atom is -0.378 e. The number of fused-ring (bicyclic) bond motifs is 1. The molecule has 2 aromatic heterocycles. The molecule has 6 heteroatoms. The molecular formula is C24H21ClN4O. The van der Waals surface area contributed by atoms with E-state index in [1.54, 1.807) is 0 Å². The Hall–Kier alpha value is -3.02. The first-order chi connectivity index (χ1) is 14.7. The number of hydrogen-bond acceptors (Lipinski definition) is 5. The fraction of sp³-hybridized carbons (Fsp3) is 0.208. The zero-order valence-electron chi connectivity index (χ0n) is 16.7. The molecule has 0 aliphatic carbocycles. The molecule has 4 aromatic rings. The molecule has 0 unspecified atom stereocenters. The van der Waals surface area contributed by atoms with E-state index in [0.717, 1.165) is 41.1 Å². The van der Waals surface area contributed by atoms with Crippen molar-refractivity contribution >= 4 is 28.5 Å². The summed E-state index contributed by atoms with van der Waals surface area (Å²) in [6, 6.07) is 20.0. The van der Waals surface area contributed by atoms with Crippen molar-refractivity contribution in [1.82, 2.24) is 15.0 Å². The van der Waals surface area contributed by atoms with Crippen molar-refractivity contribution in [3.05, 3.63) is 71.2 Å². The Kier molecular flexibility index (Phi) is 5.07. The molecule has 1 saturated heterocycles. The summed E-state index contributed by atoms with van der Waals surface area (Å²) in [6.07, 6.45) is 0. The largest absolute Gasteiger partial charge is 0.378 e. The third kappa shape index (κ3) is 3.74. The summed E-state index contributed by atoms with van der Waals surface area (Å²) >= 11 is 6.05. The molecule has 0 bridgehead atoms. The van der Waals surface area contributed by atoms with Gasteiger partial charge in [-0.3, -0.25) is 0 Å². The van der Waals surface area contributed by atoms with Crippen LogP contribution in [0.2, 0.25) is 5.02 Å². The number of pyridine rings is 1. The molecule has 2 aromatic carbocycles. The highest BCUT2D eigenvalue weighted by molar-refractivity contribution is 6.30. The lowest BCUT2D eigenvalue weighted by molar-refractivity contribution is 0.122. The standard InChI is InChI=1S/C24H21ClN4O/c1-16-3-2-4-18(15-16)22-27-23-20(24(28-22)29-11-13-30-14-12-29)9-10-21(26-23)17-5-7-19(25)8-6-17/h2-10,15H,11-14H2,1H3. The molecule has 30 heavy (non-hydrogen) atoms. The molecule has 5 rings (SSSR count). The van der Waals surface area contributed by atoms with Crippen molar-refractivity contribution in [3.63, 3.8) is 0 Å². The molecule has 0 N–H and O–H groups in total. The molecule has 1 fully saturated rings. The fourth-order valence-corrected chi connectivity index (χ4v) is 3.83. The molecule has 0 amide bonds. The number of halogens is 1. The van der Waals surface area contributed by atoms with Crippen LogP contribution < -0.4 is 4.90 Å². The normalized spacial score (nSPS) is 14.3. The number of benzene rings is 2. The van der Waals surface area contributed by atoms with Crippen molar-refractivity contribution in [3.8, 4) is 22.6 Å². The molecule has 0 radical (unpaired) electrons. The molecule has 0 atom stereocenters. The smallest absolute Gasteiger partial charge is 0.165 e. The van der Waals surface area contributed by atoms with Gasteiger partial charge in [0.25, 0.3) is 0 Å². The van der Waals surface area contributed by atoms with Gasteiger partial charge in [-0.05, 0) is 37.3 Å². The van der Waals surface area contributed by atoms with Gasteiger partial charge in [0.1, 0.15) is 5.82 Å². The minimum atomic E-state index is 0.688. The Labute approximate surface area is 180 Å². The van der Waals surface area contributed by atoms with Gasteiger partial charge in [-0.2, -0.15) is 0 Å². The van der Waals surface area contributed by atoms with Crippen LogP contribution in [0.1, 0.15) is 5.56 Å². The molecule has 3 heterocycles. The van der Waals surface area contributed by atoms with Gasteiger partial charge >= 0.3 is 0 Å². The summed E-state index contributed by atoms with van der Waals surface area (Å²) in [7, 11) is 0. The first-order valence-electron chi connectivity index (χ1n) is 10.0. The third-order valence-corrected chi connectivity index (χ3v) is 5.52. The van der Waals surface area contributed by atoms with E-state index in [2.05, 4.69) is 30.0 Å². The maximum atomic E-state index is 6.05. The van der Waals surface area contributed by atoms with Crippen LogP contribution >= 0.6 is 11.6 Å². The maximum Gasteiger partial charge on any atom is 0.165 e. The van der Waals surface area contributed by atoms with E-state index in [9.17, 15) is 0 Å². The lowest BCUT2D eigenvalue weighted by Crippen LogP contribution is -2.37. The Balaban J connectivity index is 1.69. The van der Waals surface area contributed by atoms with Crippen LogP contribution in [0.25, 0.3) is 33.7 Å². The highest BCUT2D eigenvalue weighted by atomic mass is 35.5. The summed E-state index contributed by atoms with van der Waals surface area (Å²) in [5, 5.41) is 1.66. The number of rotatable bonds is 3. The number of hydrogen-bond donors (Lipinski definition) is 0. The molecule has 0 spiro atoms. The maximum absolute atomic E-state index is 6.05. The van der Waals surface area contributed by atoms with Gasteiger partial charge in [0.15, 0.2) is 11.5 Å². The number of morpholine rings is 1. The average molecular weight is 417 g/mol. The first-order valence-corrected chi connectivity index (χ1v) is 10.4. The Morgan fingerprint density at radius 3 is 2.43 bits per heavy atom. The molecular weight excluding hydrogens is 396 g/mol. The lowest BCUT2D eigenvalue weighted by atomic mass is 10.1. The van der Waals surface area contributed by atoms with Gasteiger partial charge in [-0.25, -0.2) is 15.0 Å². The summed E-state index contributed by atoms with van der Waals surface area (Å²) in [4.78, 5) is 16.9. The number of nitrogens with zero attached hydrogens (tertiary/aromatic N) is 4. The van der Waals surface area contributed by atoms with Crippen LogP contribution in [0.5, 0.6) is 0 Å². The van der Waals surface area contributed by atoms with E-state index in [-0.39, 0.29) is 0 Å². The van der Waals surface area contributed by atoms with Gasteiger partial charge < -0.3 is 9.64 Å². The van der Waals surface area contributed by atoms with Crippen LogP contribution in [0.4, 0.5) is 5.82 Å². The Bertz CT molecular complexity index is 1200.